The number of hydrogen-bond donors (Lipinski definition) is 1. The first-order valence-electron chi connectivity index (χ1n) is 9.80. The second kappa shape index (κ2) is 7.49. The summed E-state index contributed by atoms with van der Waals surface area (Å²) in [5, 5.41) is 8.58. The van der Waals surface area contributed by atoms with Gasteiger partial charge in [-0.1, -0.05) is 30.3 Å². The summed E-state index contributed by atoms with van der Waals surface area (Å²) >= 11 is 1.28. The molecule has 9 heteroatoms. The third-order valence-corrected chi connectivity index (χ3v) is 6.35. The first-order valence-corrected chi connectivity index (χ1v) is 10.7. The minimum absolute atomic E-state index is 0.0203. The van der Waals surface area contributed by atoms with Gasteiger partial charge in [-0.3, -0.25) is 4.79 Å². The quantitative estimate of drug-likeness (QED) is 0.469. The minimum atomic E-state index is -4.64. The van der Waals surface area contributed by atoms with Gasteiger partial charge in [-0.25, -0.2) is 9.50 Å². The fourth-order valence-electron chi connectivity index (χ4n) is 4.02. The van der Waals surface area contributed by atoms with Crippen molar-refractivity contribution >= 4 is 22.9 Å². The van der Waals surface area contributed by atoms with Gasteiger partial charge in [-0.15, -0.1) is 11.3 Å². The molecule has 0 spiro atoms. The van der Waals surface area contributed by atoms with Gasteiger partial charge in [0.2, 0.25) is 0 Å². The van der Waals surface area contributed by atoms with Crippen molar-refractivity contribution in [3.63, 3.8) is 0 Å². The van der Waals surface area contributed by atoms with Crippen LogP contribution < -0.4 is 5.32 Å². The molecule has 5 nitrogen and oxygen atoms in total. The molecule has 0 bridgehead atoms. The lowest BCUT2D eigenvalue weighted by atomic mass is 9.87. The number of carbonyl (C=O) groups excluding carboxylic acids is 1. The van der Waals surface area contributed by atoms with Crippen LogP contribution in [0.1, 0.15) is 46.1 Å². The van der Waals surface area contributed by atoms with E-state index in [-0.39, 0.29) is 22.9 Å². The van der Waals surface area contributed by atoms with Gasteiger partial charge in [0.25, 0.3) is 5.91 Å². The average molecular weight is 442 g/mol. The van der Waals surface area contributed by atoms with E-state index < -0.39 is 17.8 Å². The van der Waals surface area contributed by atoms with Crippen molar-refractivity contribution in [1.82, 2.24) is 19.9 Å². The number of halogens is 3. The lowest BCUT2D eigenvalue weighted by Gasteiger charge is -2.26. The van der Waals surface area contributed by atoms with E-state index in [4.69, 9.17) is 0 Å². The van der Waals surface area contributed by atoms with E-state index >= 15 is 0 Å². The number of hydrogen-bond acceptors (Lipinski definition) is 4. The molecule has 1 N–H and O–H groups in total. The predicted molar refractivity (Wildman–Crippen MR) is 111 cm³/mol. The first-order chi connectivity index (χ1) is 14.9. The van der Waals surface area contributed by atoms with Gasteiger partial charge < -0.3 is 5.32 Å². The zero-order valence-electron chi connectivity index (χ0n) is 16.2. The Morgan fingerprint density at radius 1 is 1.19 bits per heavy atom. The van der Waals surface area contributed by atoms with Crippen LogP contribution in [0.2, 0.25) is 0 Å². The number of fused-ring (bicyclic) bond motifs is 2. The van der Waals surface area contributed by atoms with Crippen LogP contribution in [0.25, 0.3) is 16.2 Å². The summed E-state index contributed by atoms with van der Waals surface area (Å²) in [6.45, 7) is 0. The Bertz CT molecular complexity index is 1260. The van der Waals surface area contributed by atoms with Crippen molar-refractivity contribution in [2.45, 2.75) is 31.5 Å². The summed E-state index contributed by atoms with van der Waals surface area (Å²) in [7, 11) is 0. The minimum Gasteiger partial charge on any atom is -0.345 e. The number of thiophene rings is 1. The smallest absolute Gasteiger partial charge is 0.345 e. The molecule has 0 radical (unpaired) electrons. The van der Waals surface area contributed by atoms with Gasteiger partial charge in [0.1, 0.15) is 5.56 Å². The van der Waals surface area contributed by atoms with Crippen molar-refractivity contribution in [1.29, 1.82) is 0 Å². The molecular weight excluding hydrogens is 425 g/mol. The van der Waals surface area contributed by atoms with Crippen LogP contribution in [0, 0.1) is 0 Å². The van der Waals surface area contributed by atoms with Gasteiger partial charge in [-0.05, 0) is 47.9 Å². The largest absolute Gasteiger partial charge is 0.433 e. The number of nitrogens with one attached hydrogen (secondary N) is 1. The standard InChI is InChI=1S/C22H17F3N4OS/c23-22(24,25)19-11-17(18-9-4-10-31-18)27-20-15(12-26-29(19)20)21(30)28-16-8-3-6-13-5-1-2-7-14(13)16/h1-2,4-5,7,9-12,16H,3,6,8H2,(H,28,30). The molecule has 31 heavy (non-hydrogen) atoms. The van der Waals surface area contributed by atoms with Crippen molar-refractivity contribution in [2.24, 2.45) is 0 Å². The Morgan fingerprint density at radius 3 is 2.81 bits per heavy atom. The average Bonchev–Trinajstić information content (AvgIpc) is 3.42. The fraction of sp³-hybridized carbons (Fsp3) is 0.227. The first kappa shape index (κ1) is 19.7. The molecule has 3 aromatic heterocycles. The molecule has 1 atom stereocenters. The fourth-order valence-corrected chi connectivity index (χ4v) is 4.70. The van der Waals surface area contributed by atoms with Gasteiger partial charge in [0.15, 0.2) is 11.3 Å². The maximum Gasteiger partial charge on any atom is 0.433 e. The lowest BCUT2D eigenvalue weighted by molar-refractivity contribution is -0.142. The molecule has 0 saturated heterocycles. The number of rotatable bonds is 3. The van der Waals surface area contributed by atoms with Crippen LogP contribution in [0.5, 0.6) is 0 Å². The zero-order valence-corrected chi connectivity index (χ0v) is 17.0. The van der Waals surface area contributed by atoms with Crippen LogP contribution in [0.15, 0.2) is 54.0 Å². The summed E-state index contributed by atoms with van der Waals surface area (Å²) < 4.78 is 41.8. The van der Waals surface area contributed by atoms with Crippen LogP contribution in [-0.2, 0) is 12.6 Å². The molecule has 1 aliphatic carbocycles. The number of aryl methyl sites for hydroxylation is 1. The number of aromatic nitrogens is 3. The van der Waals surface area contributed by atoms with Crippen LogP contribution in [0.3, 0.4) is 0 Å². The maximum atomic E-state index is 13.7. The SMILES string of the molecule is O=C(NC1CCCc2ccccc21)c1cnn2c(C(F)(F)F)cc(-c3cccs3)nc12. The number of benzene rings is 1. The summed E-state index contributed by atoms with van der Waals surface area (Å²) in [5.74, 6) is -0.486. The molecule has 3 heterocycles. The molecular formula is C22H17F3N4OS. The Kier molecular flexibility index (Phi) is 4.77. The molecule has 0 saturated carbocycles. The van der Waals surface area contributed by atoms with Gasteiger partial charge >= 0.3 is 6.18 Å². The molecule has 0 fully saturated rings. The molecule has 1 unspecified atom stereocenters. The highest BCUT2D eigenvalue weighted by Crippen LogP contribution is 2.34. The molecule has 5 rings (SSSR count). The Labute approximate surface area is 179 Å². The highest BCUT2D eigenvalue weighted by Gasteiger charge is 2.36. The number of nitrogens with zero attached hydrogens (tertiary/aromatic N) is 3. The van der Waals surface area contributed by atoms with E-state index in [0.717, 1.165) is 37.1 Å². The topological polar surface area (TPSA) is 59.3 Å². The van der Waals surface area contributed by atoms with Gasteiger partial charge in [0, 0.05) is 0 Å². The van der Waals surface area contributed by atoms with Crippen LogP contribution >= 0.6 is 11.3 Å². The lowest BCUT2D eigenvalue weighted by Crippen LogP contribution is -2.31. The van der Waals surface area contributed by atoms with Crippen molar-refractivity contribution in [3.8, 4) is 10.6 Å². The summed E-state index contributed by atoms with van der Waals surface area (Å²) in [4.78, 5) is 18.0. The Morgan fingerprint density at radius 2 is 2.03 bits per heavy atom. The van der Waals surface area contributed by atoms with E-state index in [1.807, 2.05) is 24.3 Å². The normalized spacial score (nSPS) is 16.3. The Hall–Kier alpha value is -3.20. The van der Waals surface area contributed by atoms with E-state index in [1.54, 1.807) is 17.5 Å². The molecule has 1 aromatic carbocycles. The summed E-state index contributed by atoms with van der Waals surface area (Å²) in [6, 6.07) is 12.1. The molecule has 4 aromatic rings. The third-order valence-electron chi connectivity index (χ3n) is 5.46. The predicted octanol–water partition coefficient (Wildman–Crippen LogP) is 5.28. The number of alkyl halides is 3. The van der Waals surface area contributed by atoms with Crippen LogP contribution in [-0.4, -0.2) is 20.5 Å². The molecule has 1 aliphatic rings. The van der Waals surface area contributed by atoms with E-state index in [9.17, 15) is 18.0 Å². The van der Waals surface area contributed by atoms with E-state index in [1.165, 1.54) is 16.9 Å². The molecule has 1 amide bonds. The highest BCUT2D eigenvalue weighted by atomic mass is 32.1. The van der Waals surface area contributed by atoms with Crippen LogP contribution in [0.4, 0.5) is 13.2 Å². The monoisotopic (exact) mass is 442 g/mol. The van der Waals surface area contributed by atoms with Gasteiger partial charge in [0.05, 0.1) is 22.8 Å². The van der Waals surface area contributed by atoms with Crippen molar-refractivity contribution in [3.05, 3.63) is 76.4 Å². The number of amides is 1. The second-order valence-electron chi connectivity index (χ2n) is 7.41. The maximum absolute atomic E-state index is 13.7. The summed E-state index contributed by atoms with van der Waals surface area (Å²) in [6.07, 6.45) is -0.853. The molecule has 0 aliphatic heterocycles. The third kappa shape index (κ3) is 3.59. The Balaban J connectivity index is 1.56. The second-order valence-corrected chi connectivity index (χ2v) is 8.36. The van der Waals surface area contributed by atoms with Crippen molar-refractivity contribution < 1.29 is 18.0 Å². The van der Waals surface area contributed by atoms with E-state index in [2.05, 4.69) is 15.4 Å². The van der Waals surface area contributed by atoms with E-state index in [0.29, 0.717) is 9.39 Å². The highest BCUT2D eigenvalue weighted by molar-refractivity contribution is 7.13. The zero-order chi connectivity index (χ0) is 21.6. The number of carbonyl (C=O) groups is 1. The van der Waals surface area contributed by atoms with Gasteiger partial charge in [-0.2, -0.15) is 18.3 Å². The molecule has 158 valence electrons. The summed E-state index contributed by atoms with van der Waals surface area (Å²) in [5.41, 5.74) is 1.32. The van der Waals surface area contributed by atoms with Crippen molar-refractivity contribution in [2.75, 3.05) is 0 Å².